The minimum absolute atomic E-state index is 0.0284. The summed E-state index contributed by atoms with van der Waals surface area (Å²) in [6.07, 6.45) is -3.58. The first-order valence-electron chi connectivity index (χ1n) is 8.73. The number of halogens is 3. The highest BCUT2D eigenvalue weighted by Crippen LogP contribution is 2.34. The maximum Gasteiger partial charge on any atom is 0.433 e. The van der Waals surface area contributed by atoms with Crippen LogP contribution in [0.25, 0.3) is 27.7 Å². The van der Waals surface area contributed by atoms with Gasteiger partial charge in [0.25, 0.3) is 5.91 Å². The molecule has 0 bridgehead atoms. The molecule has 2 aromatic carbocycles. The lowest BCUT2D eigenvalue weighted by atomic mass is 10.0. The van der Waals surface area contributed by atoms with Crippen molar-refractivity contribution >= 4 is 35.0 Å². The van der Waals surface area contributed by atoms with E-state index in [1.807, 2.05) is 30.3 Å². The number of benzene rings is 2. The number of thiol groups is 1. The molecule has 0 aliphatic carbocycles. The third-order valence-electron chi connectivity index (χ3n) is 4.47. The van der Waals surface area contributed by atoms with Crippen molar-refractivity contribution in [1.29, 1.82) is 0 Å². The third kappa shape index (κ3) is 3.53. The number of rotatable bonds is 4. The van der Waals surface area contributed by atoms with Gasteiger partial charge in [-0.05, 0) is 16.8 Å². The lowest BCUT2D eigenvalue weighted by Gasteiger charge is -2.13. The number of carbonyl (C=O) groups excluding carboxylic acids is 1. The molecule has 29 heavy (non-hydrogen) atoms. The topological polar surface area (TPSA) is 59.3 Å². The summed E-state index contributed by atoms with van der Waals surface area (Å²) < 4.78 is 41.9. The predicted octanol–water partition coefficient (Wildman–Crippen LogP) is 4.23. The van der Waals surface area contributed by atoms with Crippen LogP contribution in [0.4, 0.5) is 13.2 Å². The van der Waals surface area contributed by atoms with Crippen molar-refractivity contribution in [1.82, 2.24) is 19.9 Å². The van der Waals surface area contributed by atoms with Crippen LogP contribution >= 0.6 is 12.6 Å². The van der Waals surface area contributed by atoms with Gasteiger partial charge in [0.15, 0.2) is 11.3 Å². The number of carbonyl (C=O) groups is 1. The summed E-state index contributed by atoms with van der Waals surface area (Å²) >= 11 is 4.02. The maximum atomic E-state index is 13.7. The maximum absolute atomic E-state index is 13.7. The second kappa shape index (κ2) is 7.40. The molecule has 4 aromatic rings. The Kier molecular flexibility index (Phi) is 4.91. The number of hydrogen-bond acceptors (Lipinski definition) is 4. The van der Waals surface area contributed by atoms with Crippen LogP contribution in [0, 0.1) is 0 Å². The third-order valence-corrected chi connectivity index (χ3v) is 4.69. The van der Waals surface area contributed by atoms with E-state index in [1.54, 1.807) is 12.1 Å². The quantitative estimate of drug-likeness (QED) is 0.490. The largest absolute Gasteiger partial charge is 0.433 e. The van der Waals surface area contributed by atoms with E-state index in [1.165, 1.54) is 0 Å². The highest BCUT2D eigenvalue weighted by Gasteiger charge is 2.36. The standard InChI is InChI=1S/C20H15F3N4OS/c21-20(22,23)17-10-16(14-7-3-5-12-4-1-2-6-13(12)14)26-18-15(11-25-27(17)18)19(28)24-8-9-29/h1-7,10-11,29H,8-9H2,(H,24,28). The molecule has 0 spiro atoms. The SMILES string of the molecule is O=C(NCCS)c1cnn2c(C(F)(F)F)cc(-c3cccc4ccccc34)nc12. The van der Waals surface area contributed by atoms with Gasteiger partial charge in [0, 0.05) is 17.9 Å². The minimum atomic E-state index is -4.68. The molecule has 0 saturated carbocycles. The van der Waals surface area contributed by atoms with Gasteiger partial charge in [0.05, 0.1) is 11.9 Å². The number of nitrogens with one attached hydrogen (secondary N) is 1. The molecule has 4 rings (SSSR count). The van der Waals surface area contributed by atoms with E-state index < -0.39 is 17.8 Å². The molecule has 1 N–H and O–H groups in total. The van der Waals surface area contributed by atoms with Crippen LogP contribution in [0.1, 0.15) is 16.1 Å². The fraction of sp³-hybridized carbons (Fsp3) is 0.150. The predicted molar refractivity (Wildman–Crippen MR) is 107 cm³/mol. The fourth-order valence-electron chi connectivity index (χ4n) is 3.18. The zero-order chi connectivity index (χ0) is 20.6. The van der Waals surface area contributed by atoms with Gasteiger partial charge in [-0.25, -0.2) is 9.50 Å². The number of amides is 1. The number of aromatic nitrogens is 3. The number of nitrogens with zero attached hydrogens (tertiary/aromatic N) is 3. The molecular weight excluding hydrogens is 401 g/mol. The molecule has 0 aliphatic rings. The van der Waals surface area contributed by atoms with Gasteiger partial charge in [-0.2, -0.15) is 30.9 Å². The monoisotopic (exact) mass is 416 g/mol. The van der Waals surface area contributed by atoms with E-state index in [4.69, 9.17) is 0 Å². The zero-order valence-electron chi connectivity index (χ0n) is 14.9. The Balaban J connectivity index is 1.98. The molecule has 0 saturated heterocycles. The molecule has 9 heteroatoms. The summed E-state index contributed by atoms with van der Waals surface area (Å²) in [5.74, 6) is -0.155. The number of hydrogen-bond donors (Lipinski definition) is 2. The summed E-state index contributed by atoms with van der Waals surface area (Å²) in [7, 11) is 0. The van der Waals surface area contributed by atoms with Gasteiger partial charge < -0.3 is 5.32 Å². The van der Waals surface area contributed by atoms with E-state index in [2.05, 4.69) is 28.0 Å². The van der Waals surface area contributed by atoms with Crippen molar-refractivity contribution in [2.24, 2.45) is 0 Å². The van der Waals surface area contributed by atoms with E-state index in [0.29, 0.717) is 15.8 Å². The van der Waals surface area contributed by atoms with Crippen molar-refractivity contribution in [2.75, 3.05) is 12.3 Å². The highest BCUT2D eigenvalue weighted by molar-refractivity contribution is 7.80. The van der Waals surface area contributed by atoms with Gasteiger partial charge in [-0.3, -0.25) is 4.79 Å². The summed E-state index contributed by atoms with van der Waals surface area (Å²) in [5.41, 5.74) is -0.526. The van der Waals surface area contributed by atoms with Crippen molar-refractivity contribution in [2.45, 2.75) is 6.18 Å². The summed E-state index contributed by atoms with van der Waals surface area (Å²) in [6.45, 7) is 0.272. The van der Waals surface area contributed by atoms with Crippen LogP contribution in [0.2, 0.25) is 0 Å². The first-order valence-corrected chi connectivity index (χ1v) is 9.36. The Morgan fingerprint density at radius 2 is 1.90 bits per heavy atom. The van der Waals surface area contributed by atoms with Gasteiger partial charge in [-0.15, -0.1) is 0 Å². The van der Waals surface area contributed by atoms with Crippen molar-refractivity contribution in [3.63, 3.8) is 0 Å². The van der Waals surface area contributed by atoms with E-state index in [-0.39, 0.29) is 23.4 Å². The first kappa shape index (κ1) is 19.3. The first-order chi connectivity index (χ1) is 13.9. The second-order valence-electron chi connectivity index (χ2n) is 6.32. The highest BCUT2D eigenvalue weighted by atomic mass is 32.1. The van der Waals surface area contributed by atoms with Crippen LogP contribution in [0.3, 0.4) is 0 Å². The van der Waals surface area contributed by atoms with Crippen LogP contribution < -0.4 is 5.32 Å². The Labute approximate surface area is 169 Å². The molecule has 0 fully saturated rings. The number of fused-ring (bicyclic) bond motifs is 2. The molecule has 5 nitrogen and oxygen atoms in total. The smallest absolute Gasteiger partial charge is 0.351 e. The summed E-state index contributed by atoms with van der Waals surface area (Å²) in [6, 6.07) is 13.6. The molecule has 0 unspecified atom stereocenters. The van der Waals surface area contributed by atoms with E-state index in [9.17, 15) is 18.0 Å². The molecule has 2 heterocycles. The Bertz CT molecular complexity index is 1210. The molecule has 0 aliphatic heterocycles. The average molecular weight is 416 g/mol. The van der Waals surface area contributed by atoms with Crippen molar-refractivity contribution in [3.8, 4) is 11.3 Å². The van der Waals surface area contributed by atoms with E-state index >= 15 is 0 Å². The van der Waals surface area contributed by atoms with Crippen LogP contribution in [-0.2, 0) is 6.18 Å². The van der Waals surface area contributed by atoms with Gasteiger partial charge >= 0.3 is 6.18 Å². The lowest BCUT2D eigenvalue weighted by molar-refractivity contribution is -0.142. The van der Waals surface area contributed by atoms with Crippen LogP contribution in [0.5, 0.6) is 0 Å². The second-order valence-corrected chi connectivity index (χ2v) is 6.77. The van der Waals surface area contributed by atoms with Crippen molar-refractivity contribution < 1.29 is 18.0 Å². The molecule has 148 valence electrons. The Hall–Kier alpha value is -3.07. The average Bonchev–Trinajstić information content (AvgIpc) is 3.14. The molecular formula is C20H15F3N4OS. The van der Waals surface area contributed by atoms with Gasteiger partial charge in [0.2, 0.25) is 0 Å². The van der Waals surface area contributed by atoms with Gasteiger partial charge in [-0.1, -0.05) is 42.5 Å². The zero-order valence-corrected chi connectivity index (χ0v) is 15.8. The molecule has 1 amide bonds. The molecule has 2 aromatic heterocycles. The molecule has 0 radical (unpaired) electrons. The Morgan fingerprint density at radius 1 is 1.14 bits per heavy atom. The van der Waals surface area contributed by atoms with E-state index in [0.717, 1.165) is 23.0 Å². The normalized spacial score (nSPS) is 11.9. The minimum Gasteiger partial charge on any atom is -0.351 e. The summed E-state index contributed by atoms with van der Waals surface area (Å²) in [4.78, 5) is 16.8. The van der Waals surface area contributed by atoms with Crippen LogP contribution in [-0.4, -0.2) is 32.8 Å². The van der Waals surface area contributed by atoms with Crippen LogP contribution in [0.15, 0.2) is 54.7 Å². The van der Waals surface area contributed by atoms with Gasteiger partial charge in [0.1, 0.15) is 5.56 Å². The lowest BCUT2D eigenvalue weighted by Crippen LogP contribution is -2.25. The fourth-order valence-corrected chi connectivity index (χ4v) is 3.29. The summed E-state index contributed by atoms with van der Waals surface area (Å²) in [5, 5.41) is 7.99. The Morgan fingerprint density at radius 3 is 2.66 bits per heavy atom. The van der Waals surface area contributed by atoms with Crippen molar-refractivity contribution in [3.05, 3.63) is 66.0 Å². The molecule has 0 atom stereocenters. The number of alkyl halides is 3.